The molecule has 0 atom stereocenters. The van der Waals surface area contributed by atoms with E-state index in [0.717, 1.165) is 24.2 Å². The fourth-order valence-electron chi connectivity index (χ4n) is 2.52. The second-order valence-corrected chi connectivity index (χ2v) is 8.34. The van der Waals surface area contributed by atoms with Gasteiger partial charge in [0.25, 0.3) is 0 Å². The summed E-state index contributed by atoms with van der Waals surface area (Å²) in [5.41, 5.74) is 0. The Morgan fingerprint density at radius 1 is 1.33 bits per heavy atom. The number of halogens is 1. The highest BCUT2D eigenvalue weighted by atomic mass is 127. The third-order valence-corrected chi connectivity index (χ3v) is 5.74. The minimum absolute atomic E-state index is 0. The summed E-state index contributed by atoms with van der Waals surface area (Å²) in [6, 6.07) is 0.542. The third-order valence-electron chi connectivity index (χ3n) is 4.49. The minimum Gasteiger partial charge on any atom is -0.355 e. The van der Waals surface area contributed by atoms with Gasteiger partial charge < -0.3 is 15.2 Å². The predicted octanol–water partition coefficient (Wildman–Crippen LogP) is 2.86. The van der Waals surface area contributed by atoms with Gasteiger partial charge in [-0.2, -0.15) is 11.8 Å². The van der Waals surface area contributed by atoms with Crippen molar-refractivity contribution in [2.24, 2.45) is 12.0 Å². The van der Waals surface area contributed by atoms with E-state index in [1.54, 1.807) is 0 Å². The molecule has 1 aromatic rings. The molecule has 0 spiro atoms. The average Bonchev–Trinajstić information content (AvgIpc) is 3.14. The molecule has 2 N–H and O–H groups in total. The maximum Gasteiger partial charge on any atom is 0.191 e. The van der Waals surface area contributed by atoms with Crippen LogP contribution in [-0.4, -0.2) is 44.3 Å². The Balaban J connectivity index is 0.00000288. The molecule has 0 saturated heterocycles. The molecule has 1 saturated carbocycles. The number of nitrogens with one attached hydrogen (secondary N) is 2. The van der Waals surface area contributed by atoms with Gasteiger partial charge in [0.1, 0.15) is 12.4 Å². The Morgan fingerprint density at radius 2 is 2.00 bits per heavy atom. The zero-order valence-corrected chi connectivity index (χ0v) is 18.6. The summed E-state index contributed by atoms with van der Waals surface area (Å²) in [7, 11) is 1.98. The monoisotopic (exact) mass is 466 g/mol. The highest BCUT2D eigenvalue weighted by Crippen LogP contribution is 2.20. The number of aliphatic imine (C=N–C) groups is 1. The predicted molar refractivity (Wildman–Crippen MR) is 113 cm³/mol. The van der Waals surface area contributed by atoms with Gasteiger partial charge in [0, 0.05) is 24.4 Å². The van der Waals surface area contributed by atoms with Crippen molar-refractivity contribution < 1.29 is 0 Å². The number of hydrogen-bond acceptors (Lipinski definition) is 4. The van der Waals surface area contributed by atoms with Crippen LogP contribution < -0.4 is 10.6 Å². The molecule has 1 fully saturated rings. The first kappa shape index (κ1) is 21.5. The normalized spacial score (nSPS) is 16.1. The van der Waals surface area contributed by atoms with Crippen LogP contribution in [0.5, 0.6) is 0 Å². The van der Waals surface area contributed by atoms with E-state index in [-0.39, 0.29) is 28.7 Å². The molecule has 1 aliphatic carbocycles. The standard InChI is InChI=1S/C16H30N6S.HI/c1-12-20-21-14(22(12)4)10-17-15(18-11-16(2,3)23-5)19-13-8-6-7-9-13;/h13H,6-11H2,1-5H3,(H2,17,18,19);1H. The molecule has 0 radical (unpaired) electrons. The molecule has 0 unspecified atom stereocenters. The summed E-state index contributed by atoms with van der Waals surface area (Å²) >= 11 is 1.86. The number of rotatable bonds is 6. The van der Waals surface area contributed by atoms with Gasteiger partial charge in [-0.25, -0.2) is 4.99 Å². The van der Waals surface area contributed by atoms with Gasteiger partial charge in [-0.1, -0.05) is 12.8 Å². The molecule has 24 heavy (non-hydrogen) atoms. The molecular formula is C16H31IN6S. The van der Waals surface area contributed by atoms with Crippen molar-refractivity contribution in [2.75, 3.05) is 12.8 Å². The number of aryl methyl sites for hydroxylation is 1. The summed E-state index contributed by atoms with van der Waals surface area (Å²) in [4.78, 5) is 4.73. The van der Waals surface area contributed by atoms with E-state index in [9.17, 15) is 0 Å². The quantitative estimate of drug-likeness (QED) is 0.384. The van der Waals surface area contributed by atoms with Gasteiger partial charge in [-0.3, -0.25) is 0 Å². The first-order chi connectivity index (χ1) is 10.9. The largest absolute Gasteiger partial charge is 0.355 e. The maximum absolute atomic E-state index is 4.73. The fraction of sp³-hybridized carbons (Fsp3) is 0.812. The van der Waals surface area contributed by atoms with E-state index < -0.39 is 0 Å². The lowest BCUT2D eigenvalue weighted by Crippen LogP contribution is -2.46. The molecular weight excluding hydrogens is 435 g/mol. The zero-order chi connectivity index (χ0) is 16.9. The lowest BCUT2D eigenvalue weighted by atomic mass is 10.2. The average molecular weight is 466 g/mol. The van der Waals surface area contributed by atoms with Crippen LogP contribution in [0.3, 0.4) is 0 Å². The van der Waals surface area contributed by atoms with E-state index >= 15 is 0 Å². The molecule has 138 valence electrons. The van der Waals surface area contributed by atoms with Crippen molar-refractivity contribution in [3.63, 3.8) is 0 Å². The summed E-state index contributed by atoms with van der Waals surface area (Å²) in [5, 5.41) is 15.4. The molecule has 0 aliphatic heterocycles. The number of guanidine groups is 1. The zero-order valence-electron chi connectivity index (χ0n) is 15.4. The van der Waals surface area contributed by atoms with Crippen LogP contribution >= 0.6 is 35.7 Å². The molecule has 1 aliphatic rings. The van der Waals surface area contributed by atoms with Crippen molar-refractivity contribution in [1.29, 1.82) is 0 Å². The Hall–Kier alpha value is -0.510. The Labute approximate surface area is 167 Å². The molecule has 2 rings (SSSR count). The Kier molecular flexibility index (Phi) is 8.83. The number of nitrogens with zero attached hydrogens (tertiary/aromatic N) is 4. The van der Waals surface area contributed by atoms with Gasteiger partial charge >= 0.3 is 0 Å². The Bertz CT molecular complexity index is 537. The summed E-state index contributed by atoms with van der Waals surface area (Å²) in [6.07, 6.45) is 7.23. The summed E-state index contributed by atoms with van der Waals surface area (Å²) in [6.45, 7) is 7.86. The first-order valence-electron chi connectivity index (χ1n) is 8.36. The number of thioether (sulfide) groups is 1. The second kappa shape index (κ2) is 9.84. The van der Waals surface area contributed by atoms with Crippen LogP contribution in [0.2, 0.25) is 0 Å². The lowest BCUT2D eigenvalue weighted by molar-refractivity contribution is 0.596. The van der Waals surface area contributed by atoms with Crippen molar-refractivity contribution >= 4 is 41.7 Å². The van der Waals surface area contributed by atoms with Crippen molar-refractivity contribution in [3.05, 3.63) is 11.6 Å². The van der Waals surface area contributed by atoms with Crippen LogP contribution in [0.15, 0.2) is 4.99 Å². The summed E-state index contributed by atoms with van der Waals surface area (Å²) < 4.78 is 2.17. The maximum atomic E-state index is 4.73. The molecule has 0 amide bonds. The smallest absolute Gasteiger partial charge is 0.191 e. The first-order valence-corrected chi connectivity index (χ1v) is 9.58. The molecule has 0 aromatic carbocycles. The van der Waals surface area contributed by atoms with Gasteiger partial charge in [0.05, 0.1) is 0 Å². The van der Waals surface area contributed by atoms with E-state index in [2.05, 4.69) is 40.9 Å². The fourth-order valence-corrected chi connectivity index (χ4v) is 2.74. The van der Waals surface area contributed by atoms with Crippen molar-refractivity contribution in [3.8, 4) is 0 Å². The van der Waals surface area contributed by atoms with E-state index in [4.69, 9.17) is 4.99 Å². The van der Waals surface area contributed by atoms with Crippen molar-refractivity contribution in [1.82, 2.24) is 25.4 Å². The highest BCUT2D eigenvalue weighted by molar-refractivity contribution is 14.0. The molecule has 8 heteroatoms. The number of hydrogen-bond donors (Lipinski definition) is 2. The van der Waals surface area contributed by atoms with Gasteiger partial charge in [0.2, 0.25) is 0 Å². The van der Waals surface area contributed by atoms with Crippen LogP contribution in [0.1, 0.15) is 51.2 Å². The van der Waals surface area contributed by atoms with Gasteiger partial charge in [-0.15, -0.1) is 34.2 Å². The van der Waals surface area contributed by atoms with Gasteiger partial charge in [0.15, 0.2) is 11.8 Å². The third kappa shape index (κ3) is 6.42. The van der Waals surface area contributed by atoms with E-state index in [1.807, 2.05) is 30.3 Å². The van der Waals surface area contributed by atoms with Crippen molar-refractivity contribution in [2.45, 2.75) is 63.8 Å². The van der Waals surface area contributed by atoms with Crippen LogP contribution in [0, 0.1) is 6.92 Å². The van der Waals surface area contributed by atoms with E-state index in [1.165, 1.54) is 25.7 Å². The lowest BCUT2D eigenvalue weighted by Gasteiger charge is -2.25. The molecule has 6 nitrogen and oxygen atoms in total. The molecule has 1 aromatic heterocycles. The molecule has 0 bridgehead atoms. The van der Waals surface area contributed by atoms with Crippen LogP contribution in [0.25, 0.3) is 0 Å². The SMILES string of the molecule is CSC(C)(C)CNC(=NCc1nnc(C)n1C)NC1CCCC1.I. The summed E-state index contributed by atoms with van der Waals surface area (Å²) in [5.74, 6) is 2.69. The van der Waals surface area contributed by atoms with E-state index in [0.29, 0.717) is 12.6 Å². The Morgan fingerprint density at radius 3 is 2.54 bits per heavy atom. The second-order valence-electron chi connectivity index (χ2n) is 6.83. The van der Waals surface area contributed by atoms with Gasteiger partial charge in [-0.05, 0) is 39.9 Å². The number of aromatic nitrogens is 3. The van der Waals surface area contributed by atoms with Crippen LogP contribution in [0.4, 0.5) is 0 Å². The van der Waals surface area contributed by atoms with Crippen LogP contribution in [-0.2, 0) is 13.6 Å². The minimum atomic E-state index is 0. The highest BCUT2D eigenvalue weighted by Gasteiger charge is 2.19. The molecule has 1 heterocycles. The topological polar surface area (TPSA) is 67.1 Å².